The molecule has 0 aromatic carbocycles. The van der Waals surface area contributed by atoms with E-state index in [4.69, 9.17) is 10.5 Å². The van der Waals surface area contributed by atoms with Gasteiger partial charge in [0.25, 0.3) is 0 Å². The monoisotopic (exact) mass is 250 g/mol. The normalized spacial score (nSPS) is 23.9. The van der Waals surface area contributed by atoms with E-state index in [1.165, 1.54) is 0 Å². The van der Waals surface area contributed by atoms with Gasteiger partial charge in [0.2, 0.25) is 0 Å². The molecule has 1 rings (SSSR count). The van der Waals surface area contributed by atoms with Crippen LogP contribution in [0.1, 0.15) is 13.8 Å². The number of morpholine rings is 1. The molecule has 0 bridgehead atoms. The zero-order chi connectivity index (χ0) is 12.2. The molecule has 0 aromatic rings. The largest absolute Gasteiger partial charge is 0.374 e. The molecule has 0 aromatic heterocycles. The summed E-state index contributed by atoms with van der Waals surface area (Å²) >= 11 is 0. The maximum Gasteiger partial charge on any atom is 0.153 e. The van der Waals surface area contributed by atoms with E-state index in [9.17, 15) is 8.42 Å². The number of rotatable bonds is 5. The van der Waals surface area contributed by atoms with E-state index >= 15 is 0 Å². The lowest BCUT2D eigenvalue weighted by molar-refractivity contribution is -0.0209. The molecule has 2 N–H and O–H groups in total. The second-order valence-electron chi connectivity index (χ2n) is 4.44. The van der Waals surface area contributed by atoms with Crippen molar-refractivity contribution < 1.29 is 13.2 Å². The summed E-state index contributed by atoms with van der Waals surface area (Å²) in [4.78, 5) is 2.11. The van der Waals surface area contributed by atoms with E-state index in [2.05, 4.69) is 4.90 Å². The van der Waals surface area contributed by atoms with Crippen molar-refractivity contribution in [3.05, 3.63) is 0 Å². The Morgan fingerprint density at radius 2 is 2.19 bits per heavy atom. The number of nitrogens with two attached hydrogens (primary N) is 1. The standard InChI is InChI=1S/C10H22N2O3S/c1-9(2)16(13,14)6-4-12-3-5-15-10(7-11)8-12/h9-10H,3-8,11H2,1-2H3. The fourth-order valence-electron chi connectivity index (χ4n) is 1.62. The van der Waals surface area contributed by atoms with Crippen LogP contribution < -0.4 is 5.73 Å². The van der Waals surface area contributed by atoms with Crippen LogP contribution in [0.5, 0.6) is 0 Å². The first-order valence-electron chi connectivity index (χ1n) is 5.71. The van der Waals surface area contributed by atoms with Gasteiger partial charge in [-0.15, -0.1) is 0 Å². The number of hydrogen-bond acceptors (Lipinski definition) is 5. The molecule has 0 amide bonds. The SMILES string of the molecule is CC(C)S(=O)(=O)CCN1CCOC(CN)C1. The molecule has 1 fully saturated rings. The Labute approximate surface area is 97.9 Å². The molecule has 1 aliphatic heterocycles. The van der Waals surface area contributed by atoms with E-state index in [0.717, 1.165) is 13.1 Å². The lowest BCUT2D eigenvalue weighted by Gasteiger charge is -2.32. The van der Waals surface area contributed by atoms with Gasteiger partial charge in [0.1, 0.15) is 0 Å². The van der Waals surface area contributed by atoms with Crippen LogP contribution in [-0.2, 0) is 14.6 Å². The highest BCUT2D eigenvalue weighted by Gasteiger charge is 2.22. The third kappa shape index (κ3) is 4.01. The van der Waals surface area contributed by atoms with Crippen molar-refractivity contribution in [3.8, 4) is 0 Å². The molecule has 1 saturated heterocycles. The van der Waals surface area contributed by atoms with Crippen LogP contribution in [0, 0.1) is 0 Å². The molecule has 96 valence electrons. The van der Waals surface area contributed by atoms with Gasteiger partial charge in [-0.05, 0) is 13.8 Å². The molecule has 0 radical (unpaired) electrons. The molecule has 5 nitrogen and oxygen atoms in total. The van der Waals surface area contributed by atoms with Crippen molar-refractivity contribution >= 4 is 9.84 Å². The summed E-state index contributed by atoms with van der Waals surface area (Å²) in [7, 11) is -2.94. The minimum atomic E-state index is -2.94. The van der Waals surface area contributed by atoms with Crippen LogP contribution in [-0.4, -0.2) is 63.2 Å². The summed E-state index contributed by atoms with van der Waals surface area (Å²) < 4.78 is 28.7. The maximum absolute atomic E-state index is 11.6. The first-order valence-corrected chi connectivity index (χ1v) is 7.43. The third-order valence-corrected chi connectivity index (χ3v) is 5.08. The zero-order valence-electron chi connectivity index (χ0n) is 10.1. The molecule has 6 heteroatoms. The first kappa shape index (κ1) is 13.9. The Hall–Kier alpha value is -0.170. The summed E-state index contributed by atoms with van der Waals surface area (Å²) in [6.45, 7) is 6.69. The predicted molar refractivity (Wildman–Crippen MR) is 64.2 cm³/mol. The number of sulfone groups is 1. The molecule has 0 saturated carbocycles. The Balaban J connectivity index is 2.38. The van der Waals surface area contributed by atoms with Gasteiger partial charge in [-0.2, -0.15) is 0 Å². The molecule has 0 spiro atoms. The van der Waals surface area contributed by atoms with Gasteiger partial charge >= 0.3 is 0 Å². The van der Waals surface area contributed by atoms with Crippen LogP contribution in [0.15, 0.2) is 0 Å². The van der Waals surface area contributed by atoms with Crippen molar-refractivity contribution in [2.24, 2.45) is 5.73 Å². The van der Waals surface area contributed by atoms with Gasteiger partial charge in [0.05, 0.1) is 23.7 Å². The number of nitrogens with zero attached hydrogens (tertiary/aromatic N) is 1. The van der Waals surface area contributed by atoms with Crippen molar-refractivity contribution in [1.82, 2.24) is 4.90 Å². The van der Waals surface area contributed by atoms with E-state index in [1.807, 2.05) is 0 Å². The predicted octanol–water partition coefficient (Wildman–Crippen LogP) is -0.531. The van der Waals surface area contributed by atoms with Gasteiger partial charge in [0.15, 0.2) is 9.84 Å². The molecule has 0 aliphatic carbocycles. The van der Waals surface area contributed by atoms with E-state index in [1.54, 1.807) is 13.8 Å². The van der Waals surface area contributed by atoms with Crippen LogP contribution in [0.25, 0.3) is 0 Å². The van der Waals surface area contributed by atoms with Gasteiger partial charge in [-0.25, -0.2) is 8.42 Å². The fraction of sp³-hybridized carbons (Fsp3) is 1.00. The molecule has 1 unspecified atom stereocenters. The van der Waals surface area contributed by atoms with Crippen LogP contribution in [0.4, 0.5) is 0 Å². The third-order valence-electron chi connectivity index (χ3n) is 2.90. The molecule has 1 aliphatic rings. The molecule has 1 atom stereocenters. The van der Waals surface area contributed by atoms with Gasteiger partial charge in [-0.3, -0.25) is 4.90 Å². The Kier molecular flexibility index (Phi) is 5.17. The average molecular weight is 250 g/mol. The second kappa shape index (κ2) is 5.95. The Morgan fingerprint density at radius 1 is 1.50 bits per heavy atom. The van der Waals surface area contributed by atoms with E-state index in [0.29, 0.717) is 19.7 Å². The summed E-state index contributed by atoms with van der Waals surface area (Å²) in [5.41, 5.74) is 5.53. The Morgan fingerprint density at radius 3 is 2.75 bits per heavy atom. The minimum Gasteiger partial charge on any atom is -0.374 e. The van der Waals surface area contributed by atoms with Gasteiger partial charge in [-0.1, -0.05) is 0 Å². The number of hydrogen-bond donors (Lipinski definition) is 1. The fourth-order valence-corrected chi connectivity index (χ4v) is 2.60. The lowest BCUT2D eigenvalue weighted by Crippen LogP contribution is -2.47. The topological polar surface area (TPSA) is 72.6 Å². The maximum atomic E-state index is 11.6. The molecule has 1 heterocycles. The summed E-state index contributed by atoms with van der Waals surface area (Å²) in [6.07, 6.45) is 0.0514. The highest BCUT2D eigenvalue weighted by molar-refractivity contribution is 7.92. The Bertz CT molecular complexity index is 303. The molecular formula is C10H22N2O3S. The zero-order valence-corrected chi connectivity index (χ0v) is 10.9. The second-order valence-corrected chi connectivity index (χ2v) is 7.12. The van der Waals surface area contributed by atoms with Crippen LogP contribution in [0.2, 0.25) is 0 Å². The van der Waals surface area contributed by atoms with Crippen molar-refractivity contribution in [3.63, 3.8) is 0 Å². The van der Waals surface area contributed by atoms with Crippen LogP contribution in [0.3, 0.4) is 0 Å². The minimum absolute atomic E-state index is 0.0514. The summed E-state index contributed by atoms with van der Waals surface area (Å²) in [6, 6.07) is 0. The number of ether oxygens (including phenoxy) is 1. The highest BCUT2D eigenvalue weighted by atomic mass is 32.2. The van der Waals surface area contributed by atoms with Crippen molar-refractivity contribution in [2.45, 2.75) is 25.2 Å². The van der Waals surface area contributed by atoms with Crippen molar-refractivity contribution in [1.29, 1.82) is 0 Å². The quantitative estimate of drug-likeness (QED) is 0.710. The summed E-state index contributed by atoms with van der Waals surface area (Å²) in [5, 5.41) is -0.293. The van der Waals surface area contributed by atoms with Gasteiger partial charge < -0.3 is 10.5 Å². The average Bonchev–Trinajstić information content (AvgIpc) is 2.26. The van der Waals surface area contributed by atoms with Crippen molar-refractivity contribution in [2.75, 3.05) is 38.5 Å². The molecular weight excluding hydrogens is 228 g/mol. The highest BCUT2D eigenvalue weighted by Crippen LogP contribution is 2.06. The first-order chi connectivity index (χ1) is 7.45. The van der Waals surface area contributed by atoms with Gasteiger partial charge in [0, 0.05) is 26.2 Å². The summed E-state index contributed by atoms with van der Waals surface area (Å²) in [5.74, 6) is 0.224. The molecule has 16 heavy (non-hydrogen) atoms. The van der Waals surface area contributed by atoms with E-state index < -0.39 is 9.84 Å². The smallest absolute Gasteiger partial charge is 0.153 e. The van der Waals surface area contributed by atoms with Crippen LogP contribution >= 0.6 is 0 Å². The lowest BCUT2D eigenvalue weighted by atomic mass is 10.3. The van der Waals surface area contributed by atoms with E-state index in [-0.39, 0.29) is 17.1 Å².